The molecule has 3 aromatic carbocycles. The number of benzene rings is 3. The Labute approximate surface area is 272 Å². The van der Waals surface area contributed by atoms with Crippen molar-refractivity contribution >= 4 is 6.09 Å². The molecule has 246 valence electrons. The molecule has 1 saturated heterocycles. The molecule has 5 rings (SSSR count). The highest BCUT2D eigenvalue weighted by atomic mass is 16.7. The second-order valence-electron chi connectivity index (χ2n) is 12.0. The Bertz CT molecular complexity index is 1540. The van der Waals surface area contributed by atoms with E-state index in [2.05, 4.69) is 20.1 Å². The van der Waals surface area contributed by atoms with Gasteiger partial charge in [-0.15, -0.1) is 0 Å². The smallest absolute Gasteiger partial charge is 0.411 e. The SMILES string of the molecule is C[C@H]1CC(N=[N+]=[N-])[C@H](O)[C@@H](O)[C@@H]1O[C@H]1OC([C@@H](c2ccccc2)N(Cc2ccccc2)C(=O)OCc2ccccc2)CCC1N=[N+]=[N-]. The molecular formula is C34H39N7O6. The van der Waals surface area contributed by atoms with Gasteiger partial charge in [-0.3, -0.25) is 4.90 Å². The van der Waals surface area contributed by atoms with Gasteiger partial charge in [0.2, 0.25) is 0 Å². The average molecular weight is 642 g/mol. The first kappa shape index (κ1) is 33.7. The Balaban J connectivity index is 1.46. The highest BCUT2D eigenvalue weighted by Gasteiger charge is 2.46. The van der Waals surface area contributed by atoms with Crippen molar-refractivity contribution in [1.29, 1.82) is 0 Å². The maximum Gasteiger partial charge on any atom is 0.411 e. The van der Waals surface area contributed by atoms with Gasteiger partial charge >= 0.3 is 6.09 Å². The van der Waals surface area contributed by atoms with Gasteiger partial charge in [0.05, 0.1) is 36.4 Å². The van der Waals surface area contributed by atoms with E-state index in [0.717, 1.165) is 16.7 Å². The van der Waals surface area contributed by atoms with E-state index in [-0.39, 0.29) is 25.5 Å². The van der Waals surface area contributed by atoms with E-state index in [1.165, 1.54) is 0 Å². The number of hydrogen-bond acceptors (Lipinski definition) is 8. The van der Waals surface area contributed by atoms with Gasteiger partial charge in [-0.1, -0.05) is 108 Å². The summed E-state index contributed by atoms with van der Waals surface area (Å²) in [4.78, 5) is 21.5. The molecule has 0 spiro atoms. The standard InChI is InChI=1S/C34H39N7O6/c1-22-19-27(38-40-36)30(42)31(43)32(22)47-33-26(37-39-35)17-18-28(46-33)29(25-15-9-4-10-16-25)41(20-23-11-5-2-6-12-23)34(44)45-21-24-13-7-3-8-14-24/h2-16,22,26-33,42-43H,17-21H2,1H3/t22-,26?,27?,28?,29+,30-,31+,32+,33+/m0/s1. The van der Waals surface area contributed by atoms with Crippen LogP contribution in [0.2, 0.25) is 0 Å². The zero-order valence-corrected chi connectivity index (χ0v) is 26.0. The highest BCUT2D eigenvalue weighted by molar-refractivity contribution is 5.68. The lowest BCUT2D eigenvalue weighted by Gasteiger charge is -2.45. The van der Waals surface area contributed by atoms with Crippen LogP contribution in [0.5, 0.6) is 0 Å². The zero-order valence-electron chi connectivity index (χ0n) is 26.0. The fourth-order valence-corrected chi connectivity index (χ4v) is 6.40. The number of carbonyl (C=O) groups excluding carboxylic acids is 1. The van der Waals surface area contributed by atoms with Crippen LogP contribution in [0.15, 0.2) is 101 Å². The Hall–Kier alpha value is -4.61. The molecule has 0 bridgehead atoms. The molecular weight excluding hydrogens is 602 g/mol. The van der Waals surface area contributed by atoms with Gasteiger partial charge in [-0.25, -0.2) is 4.79 Å². The van der Waals surface area contributed by atoms with Gasteiger partial charge in [0.1, 0.15) is 12.7 Å². The third kappa shape index (κ3) is 8.41. The first-order chi connectivity index (χ1) is 22.9. The summed E-state index contributed by atoms with van der Waals surface area (Å²) in [5, 5.41) is 29.2. The zero-order chi connectivity index (χ0) is 33.2. The maximum atomic E-state index is 14.0. The van der Waals surface area contributed by atoms with Crippen molar-refractivity contribution in [2.75, 3.05) is 0 Å². The van der Waals surface area contributed by atoms with Gasteiger partial charge in [0, 0.05) is 16.4 Å². The second kappa shape index (κ2) is 16.3. The van der Waals surface area contributed by atoms with Crippen molar-refractivity contribution in [3.05, 3.63) is 129 Å². The lowest BCUT2D eigenvalue weighted by Crippen LogP contribution is -2.56. The first-order valence-electron chi connectivity index (χ1n) is 15.7. The highest BCUT2D eigenvalue weighted by Crippen LogP contribution is 2.39. The largest absolute Gasteiger partial charge is 0.445 e. The summed E-state index contributed by atoms with van der Waals surface area (Å²) in [6.07, 6.45) is -4.81. The minimum absolute atomic E-state index is 0.0827. The topological polar surface area (TPSA) is 186 Å². The number of aliphatic hydroxyl groups excluding tert-OH is 2. The van der Waals surface area contributed by atoms with Crippen LogP contribution in [-0.4, -0.2) is 64.0 Å². The second-order valence-corrected chi connectivity index (χ2v) is 12.0. The van der Waals surface area contributed by atoms with E-state index < -0.39 is 54.9 Å². The minimum Gasteiger partial charge on any atom is -0.445 e. The molecule has 47 heavy (non-hydrogen) atoms. The van der Waals surface area contributed by atoms with Gasteiger partial charge in [-0.2, -0.15) is 0 Å². The van der Waals surface area contributed by atoms with Crippen LogP contribution in [-0.2, 0) is 27.4 Å². The molecule has 2 fully saturated rings. The van der Waals surface area contributed by atoms with Crippen molar-refractivity contribution in [2.45, 2.75) is 88.2 Å². The summed E-state index contributed by atoms with van der Waals surface area (Å²) >= 11 is 0. The number of nitrogens with zero attached hydrogens (tertiary/aromatic N) is 7. The third-order valence-electron chi connectivity index (χ3n) is 8.78. The van der Waals surface area contributed by atoms with Crippen LogP contribution in [0.3, 0.4) is 0 Å². The Morgan fingerprint density at radius 3 is 2.13 bits per heavy atom. The molecule has 2 aliphatic rings. The van der Waals surface area contributed by atoms with Crippen LogP contribution in [0.25, 0.3) is 20.9 Å². The molecule has 0 radical (unpaired) electrons. The number of aliphatic hydroxyl groups is 2. The van der Waals surface area contributed by atoms with Gasteiger partial charge in [-0.05, 0) is 52.9 Å². The predicted octanol–water partition coefficient (Wildman–Crippen LogP) is 6.58. The molecule has 1 heterocycles. The van der Waals surface area contributed by atoms with Crippen LogP contribution < -0.4 is 0 Å². The summed E-state index contributed by atoms with van der Waals surface area (Å²) in [5.74, 6) is -0.327. The van der Waals surface area contributed by atoms with E-state index in [1.54, 1.807) is 4.90 Å². The molecule has 0 aromatic heterocycles. The number of azide groups is 2. The molecule has 13 heteroatoms. The first-order valence-corrected chi connectivity index (χ1v) is 15.7. The lowest BCUT2D eigenvalue weighted by atomic mass is 9.80. The quantitative estimate of drug-likeness (QED) is 0.135. The number of ether oxygens (including phenoxy) is 3. The van der Waals surface area contributed by atoms with Crippen molar-refractivity contribution in [1.82, 2.24) is 4.90 Å². The third-order valence-corrected chi connectivity index (χ3v) is 8.78. The fraction of sp³-hybridized carbons (Fsp3) is 0.441. The number of hydrogen-bond donors (Lipinski definition) is 2. The van der Waals surface area contributed by atoms with Crippen molar-refractivity contribution in [3.8, 4) is 0 Å². The normalized spacial score (nSPS) is 27.8. The lowest BCUT2D eigenvalue weighted by molar-refractivity contribution is -0.266. The van der Waals surface area contributed by atoms with Crippen molar-refractivity contribution in [3.63, 3.8) is 0 Å². The molecule has 1 amide bonds. The molecule has 1 aliphatic heterocycles. The number of carbonyl (C=O) groups is 1. The molecule has 3 aromatic rings. The van der Waals surface area contributed by atoms with Crippen LogP contribution in [0.4, 0.5) is 4.79 Å². The summed E-state index contributed by atoms with van der Waals surface area (Å²) < 4.78 is 18.8. The molecule has 1 saturated carbocycles. The van der Waals surface area contributed by atoms with E-state index >= 15 is 0 Å². The summed E-state index contributed by atoms with van der Waals surface area (Å²) in [7, 11) is 0. The molecule has 13 nitrogen and oxygen atoms in total. The van der Waals surface area contributed by atoms with Crippen LogP contribution in [0.1, 0.15) is 48.9 Å². The number of rotatable bonds is 11. The van der Waals surface area contributed by atoms with E-state index in [4.69, 9.17) is 19.7 Å². The fourth-order valence-electron chi connectivity index (χ4n) is 6.40. The van der Waals surface area contributed by atoms with Crippen LogP contribution in [0, 0.1) is 5.92 Å². The summed E-state index contributed by atoms with van der Waals surface area (Å²) in [5.41, 5.74) is 20.8. The Morgan fingerprint density at radius 1 is 0.894 bits per heavy atom. The molecule has 2 N–H and O–H groups in total. The molecule has 3 unspecified atom stereocenters. The van der Waals surface area contributed by atoms with Gasteiger partial charge in [0.15, 0.2) is 6.29 Å². The van der Waals surface area contributed by atoms with E-state index in [9.17, 15) is 20.5 Å². The van der Waals surface area contributed by atoms with Gasteiger partial charge < -0.3 is 24.4 Å². The Morgan fingerprint density at radius 2 is 1.49 bits per heavy atom. The van der Waals surface area contributed by atoms with Crippen molar-refractivity contribution < 1.29 is 29.2 Å². The number of amides is 1. The van der Waals surface area contributed by atoms with Crippen LogP contribution >= 0.6 is 0 Å². The predicted molar refractivity (Wildman–Crippen MR) is 172 cm³/mol. The Kier molecular flexibility index (Phi) is 11.7. The van der Waals surface area contributed by atoms with Crippen molar-refractivity contribution in [2.24, 2.45) is 16.1 Å². The average Bonchev–Trinajstić information content (AvgIpc) is 3.10. The molecule has 9 atom stereocenters. The summed E-state index contributed by atoms with van der Waals surface area (Å²) in [6.45, 7) is 2.13. The van der Waals surface area contributed by atoms with Gasteiger partial charge in [0.25, 0.3) is 0 Å². The summed E-state index contributed by atoms with van der Waals surface area (Å²) in [6, 6.07) is 26.4. The molecule has 1 aliphatic carbocycles. The van der Waals surface area contributed by atoms with E-state index in [0.29, 0.717) is 12.8 Å². The minimum atomic E-state index is -1.38. The van der Waals surface area contributed by atoms with E-state index in [1.807, 2.05) is 97.9 Å². The monoisotopic (exact) mass is 641 g/mol. The maximum absolute atomic E-state index is 14.0.